The third-order valence-corrected chi connectivity index (χ3v) is 4.64. The summed E-state index contributed by atoms with van der Waals surface area (Å²) in [5.74, 6) is 0.870. The Morgan fingerprint density at radius 2 is 1.95 bits per heavy atom. The van der Waals surface area contributed by atoms with Crippen LogP contribution in [-0.4, -0.2) is 18.6 Å². The number of H-pyrrole nitrogens is 1. The molecule has 0 bridgehead atoms. The number of aromatic nitrogens is 1. The van der Waals surface area contributed by atoms with Crippen LogP contribution in [0.4, 0.5) is 0 Å². The molecule has 0 spiro atoms. The molecule has 0 saturated heterocycles. The summed E-state index contributed by atoms with van der Waals surface area (Å²) in [7, 11) is 1.69. The van der Waals surface area contributed by atoms with E-state index in [4.69, 9.17) is 10.5 Å². The zero-order valence-corrected chi connectivity index (χ0v) is 12.7. The van der Waals surface area contributed by atoms with Gasteiger partial charge in [0.05, 0.1) is 12.6 Å². The Morgan fingerprint density at radius 3 is 2.76 bits per heavy atom. The topological polar surface area (TPSA) is 51.0 Å². The Labute approximate surface area is 128 Å². The van der Waals surface area contributed by atoms with Gasteiger partial charge in [-0.3, -0.25) is 0 Å². The third kappa shape index (κ3) is 2.77. The average molecular weight is 298 g/mol. The average Bonchev–Trinajstić information content (AvgIpc) is 2.93. The fraction of sp³-hybridized carbons (Fsp3) is 0.176. The summed E-state index contributed by atoms with van der Waals surface area (Å²) < 4.78 is 5.40. The second kappa shape index (κ2) is 6.24. The van der Waals surface area contributed by atoms with E-state index in [0.717, 1.165) is 17.7 Å². The lowest BCUT2D eigenvalue weighted by Crippen LogP contribution is -2.03. The highest BCUT2D eigenvalue weighted by atomic mass is 32.2. The minimum Gasteiger partial charge on any atom is -0.495 e. The van der Waals surface area contributed by atoms with Gasteiger partial charge in [-0.15, -0.1) is 0 Å². The van der Waals surface area contributed by atoms with Gasteiger partial charge in [0.15, 0.2) is 0 Å². The molecule has 3 nitrogen and oxygen atoms in total. The summed E-state index contributed by atoms with van der Waals surface area (Å²) in [6.45, 7) is 0.666. The smallest absolute Gasteiger partial charge is 0.142 e. The highest BCUT2D eigenvalue weighted by Gasteiger charge is 2.10. The number of fused-ring (bicyclic) bond motifs is 1. The second-order valence-electron chi connectivity index (χ2n) is 4.78. The maximum absolute atomic E-state index is 5.70. The van der Waals surface area contributed by atoms with E-state index in [2.05, 4.69) is 35.3 Å². The number of ether oxygens (including phenoxy) is 1. The van der Waals surface area contributed by atoms with Crippen LogP contribution in [0.25, 0.3) is 10.9 Å². The second-order valence-corrected chi connectivity index (χ2v) is 5.87. The van der Waals surface area contributed by atoms with Crippen molar-refractivity contribution in [1.29, 1.82) is 0 Å². The Morgan fingerprint density at radius 1 is 1.10 bits per heavy atom. The first-order valence-electron chi connectivity index (χ1n) is 6.93. The zero-order chi connectivity index (χ0) is 14.7. The lowest BCUT2D eigenvalue weighted by molar-refractivity contribution is 0.419. The lowest BCUT2D eigenvalue weighted by Gasteiger charge is -2.07. The highest BCUT2D eigenvalue weighted by molar-refractivity contribution is 7.99. The molecule has 0 aliphatic rings. The SMILES string of the molecule is COc1cccc2c(Sc3ccccc3CCN)c[nH]c12. The number of para-hydroxylation sites is 1. The number of methoxy groups -OCH3 is 1. The summed E-state index contributed by atoms with van der Waals surface area (Å²) in [6, 6.07) is 14.5. The molecule has 0 radical (unpaired) electrons. The van der Waals surface area contributed by atoms with Crippen molar-refractivity contribution in [1.82, 2.24) is 4.98 Å². The first-order chi connectivity index (χ1) is 10.3. The normalized spacial score (nSPS) is 11.0. The fourth-order valence-electron chi connectivity index (χ4n) is 2.44. The van der Waals surface area contributed by atoms with Crippen molar-refractivity contribution in [3.63, 3.8) is 0 Å². The van der Waals surface area contributed by atoms with Gasteiger partial charge in [-0.2, -0.15) is 0 Å². The first kappa shape index (κ1) is 14.0. The Kier molecular flexibility index (Phi) is 4.18. The van der Waals surface area contributed by atoms with Gasteiger partial charge in [-0.25, -0.2) is 0 Å². The maximum Gasteiger partial charge on any atom is 0.142 e. The van der Waals surface area contributed by atoms with Gasteiger partial charge < -0.3 is 15.5 Å². The number of aromatic amines is 1. The van der Waals surface area contributed by atoms with Crippen molar-refractivity contribution in [2.45, 2.75) is 16.2 Å². The molecular weight excluding hydrogens is 280 g/mol. The predicted molar refractivity (Wildman–Crippen MR) is 88.2 cm³/mol. The van der Waals surface area contributed by atoms with E-state index in [9.17, 15) is 0 Å². The molecule has 0 fully saturated rings. The van der Waals surface area contributed by atoms with Crippen LogP contribution >= 0.6 is 11.8 Å². The standard InChI is InChI=1S/C17H18N2OS/c1-20-14-7-4-6-13-16(11-19-17(13)14)21-15-8-3-2-5-12(15)9-10-18/h2-8,11,19H,9-10,18H2,1H3. The summed E-state index contributed by atoms with van der Waals surface area (Å²) in [6.07, 6.45) is 2.94. The molecule has 3 N–H and O–H groups in total. The van der Waals surface area contributed by atoms with Crippen LogP contribution in [0.1, 0.15) is 5.56 Å². The largest absolute Gasteiger partial charge is 0.495 e. The van der Waals surface area contributed by atoms with Gasteiger partial charge in [0.1, 0.15) is 5.75 Å². The number of hydrogen-bond donors (Lipinski definition) is 2. The summed E-state index contributed by atoms with van der Waals surface area (Å²) in [4.78, 5) is 5.77. The van der Waals surface area contributed by atoms with Crippen LogP contribution in [0.5, 0.6) is 5.75 Å². The molecule has 0 aliphatic carbocycles. The van der Waals surface area contributed by atoms with Crippen molar-refractivity contribution in [2.75, 3.05) is 13.7 Å². The molecule has 0 saturated carbocycles. The van der Waals surface area contributed by atoms with E-state index < -0.39 is 0 Å². The Bertz CT molecular complexity index is 751. The lowest BCUT2D eigenvalue weighted by atomic mass is 10.1. The van der Waals surface area contributed by atoms with Crippen LogP contribution in [0.2, 0.25) is 0 Å². The van der Waals surface area contributed by atoms with Crippen molar-refractivity contribution in [2.24, 2.45) is 5.73 Å². The van der Waals surface area contributed by atoms with Gasteiger partial charge in [0, 0.05) is 21.4 Å². The van der Waals surface area contributed by atoms with Crippen LogP contribution in [-0.2, 0) is 6.42 Å². The molecule has 3 aromatic rings. The molecule has 0 atom stereocenters. The predicted octanol–water partition coefficient (Wildman–Crippen LogP) is 3.83. The van der Waals surface area contributed by atoms with Gasteiger partial charge in [-0.05, 0) is 30.7 Å². The minimum absolute atomic E-state index is 0.666. The van der Waals surface area contributed by atoms with Crippen LogP contribution in [0.3, 0.4) is 0 Å². The molecule has 108 valence electrons. The maximum atomic E-state index is 5.70. The van der Waals surface area contributed by atoms with Crippen LogP contribution in [0, 0.1) is 0 Å². The highest BCUT2D eigenvalue weighted by Crippen LogP contribution is 2.37. The molecule has 0 unspecified atom stereocenters. The molecule has 0 amide bonds. The molecule has 3 rings (SSSR count). The van der Waals surface area contributed by atoms with Crippen molar-refractivity contribution < 1.29 is 4.74 Å². The van der Waals surface area contributed by atoms with Crippen molar-refractivity contribution >= 4 is 22.7 Å². The van der Waals surface area contributed by atoms with Gasteiger partial charge >= 0.3 is 0 Å². The molecule has 1 aromatic heterocycles. The van der Waals surface area contributed by atoms with Crippen LogP contribution < -0.4 is 10.5 Å². The number of benzene rings is 2. The third-order valence-electron chi connectivity index (χ3n) is 3.47. The van der Waals surface area contributed by atoms with E-state index in [1.807, 2.05) is 18.3 Å². The summed E-state index contributed by atoms with van der Waals surface area (Å²) >= 11 is 1.77. The summed E-state index contributed by atoms with van der Waals surface area (Å²) in [5.41, 5.74) is 8.03. The van der Waals surface area contributed by atoms with E-state index in [-0.39, 0.29) is 0 Å². The van der Waals surface area contributed by atoms with Gasteiger partial charge in [-0.1, -0.05) is 42.1 Å². The zero-order valence-electron chi connectivity index (χ0n) is 11.9. The minimum atomic E-state index is 0.666. The molecule has 0 aliphatic heterocycles. The van der Waals surface area contributed by atoms with Gasteiger partial charge in [0.2, 0.25) is 0 Å². The van der Waals surface area contributed by atoms with Crippen LogP contribution in [0.15, 0.2) is 58.5 Å². The van der Waals surface area contributed by atoms with E-state index >= 15 is 0 Å². The molecule has 1 heterocycles. The Hall–Kier alpha value is -1.91. The van der Waals surface area contributed by atoms with Crippen molar-refractivity contribution in [3.8, 4) is 5.75 Å². The summed E-state index contributed by atoms with van der Waals surface area (Å²) in [5, 5.41) is 1.18. The Balaban J connectivity index is 1.99. The monoisotopic (exact) mass is 298 g/mol. The van der Waals surface area contributed by atoms with E-state index in [0.29, 0.717) is 6.54 Å². The molecule has 21 heavy (non-hydrogen) atoms. The van der Waals surface area contributed by atoms with E-state index in [1.54, 1.807) is 18.9 Å². The van der Waals surface area contributed by atoms with Crippen molar-refractivity contribution in [3.05, 3.63) is 54.2 Å². The number of nitrogens with one attached hydrogen (secondary N) is 1. The quantitative estimate of drug-likeness (QED) is 0.752. The number of nitrogens with two attached hydrogens (primary N) is 1. The number of hydrogen-bond acceptors (Lipinski definition) is 3. The molecule has 4 heteroatoms. The molecular formula is C17H18N2OS. The number of rotatable bonds is 5. The fourth-order valence-corrected chi connectivity index (χ4v) is 3.52. The first-order valence-corrected chi connectivity index (χ1v) is 7.75. The molecule has 2 aromatic carbocycles. The van der Waals surface area contributed by atoms with E-state index in [1.165, 1.54) is 20.7 Å². The van der Waals surface area contributed by atoms with Gasteiger partial charge in [0.25, 0.3) is 0 Å².